The van der Waals surface area contributed by atoms with Crippen LogP contribution in [0.1, 0.15) is 34.1 Å². The van der Waals surface area contributed by atoms with Crippen molar-refractivity contribution in [2.45, 2.75) is 52.3 Å². The molecule has 94 valence electrons. The molecule has 3 atom stereocenters. The fraction of sp³-hybridized carbons (Fsp3) is 0.917. The molecule has 2 N–H and O–H groups in total. The third-order valence-electron chi connectivity index (χ3n) is 2.93. The Hall–Kier alpha value is -0.610. The second-order valence-corrected chi connectivity index (χ2v) is 5.22. The van der Waals surface area contributed by atoms with Crippen LogP contribution in [0.5, 0.6) is 0 Å². The van der Waals surface area contributed by atoms with Gasteiger partial charge in [0.25, 0.3) is 0 Å². The van der Waals surface area contributed by atoms with Crippen LogP contribution in [-0.4, -0.2) is 42.1 Å². The summed E-state index contributed by atoms with van der Waals surface area (Å²) >= 11 is 0. The summed E-state index contributed by atoms with van der Waals surface area (Å²) < 4.78 is 5.50. The van der Waals surface area contributed by atoms with Gasteiger partial charge >= 0.3 is 0 Å². The number of hydrogen-bond donors (Lipinski definition) is 1. The third-order valence-corrected chi connectivity index (χ3v) is 2.93. The minimum atomic E-state index is -0.368. The zero-order chi connectivity index (χ0) is 12.3. The summed E-state index contributed by atoms with van der Waals surface area (Å²) in [6.45, 7) is 9.43. The summed E-state index contributed by atoms with van der Waals surface area (Å²) in [4.78, 5) is 14.0. The third kappa shape index (κ3) is 3.46. The summed E-state index contributed by atoms with van der Waals surface area (Å²) in [5.74, 6) is 0.518. The van der Waals surface area contributed by atoms with E-state index >= 15 is 0 Å². The Morgan fingerprint density at radius 3 is 2.69 bits per heavy atom. The van der Waals surface area contributed by atoms with E-state index in [9.17, 15) is 4.79 Å². The molecule has 1 rings (SSSR count). The minimum absolute atomic E-state index is 0.0661. The highest BCUT2D eigenvalue weighted by Crippen LogP contribution is 2.14. The quantitative estimate of drug-likeness (QED) is 0.784. The molecule has 1 aliphatic rings. The fourth-order valence-electron chi connectivity index (χ4n) is 2.03. The molecule has 1 amide bonds. The second kappa shape index (κ2) is 5.64. The van der Waals surface area contributed by atoms with Gasteiger partial charge in [-0.1, -0.05) is 13.8 Å². The molecule has 4 heteroatoms. The van der Waals surface area contributed by atoms with E-state index in [1.54, 1.807) is 0 Å². The maximum absolute atomic E-state index is 12.1. The first-order valence-corrected chi connectivity index (χ1v) is 6.09. The van der Waals surface area contributed by atoms with Crippen LogP contribution in [0.3, 0.4) is 0 Å². The summed E-state index contributed by atoms with van der Waals surface area (Å²) in [5, 5.41) is 0. The largest absolute Gasteiger partial charge is 0.375 e. The first-order valence-electron chi connectivity index (χ1n) is 6.09. The highest BCUT2D eigenvalue weighted by atomic mass is 16.5. The highest BCUT2D eigenvalue weighted by molar-refractivity contribution is 5.82. The van der Waals surface area contributed by atoms with Crippen molar-refractivity contribution in [1.29, 1.82) is 0 Å². The van der Waals surface area contributed by atoms with E-state index < -0.39 is 0 Å². The summed E-state index contributed by atoms with van der Waals surface area (Å²) in [5.41, 5.74) is 5.92. The average Bonchev–Trinajstić information content (AvgIpc) is 2.19. The van der Waals surface area contributed by atoms with Gasteiger partial charge in [0.1, 0.15) is 0 Å². The lowest BCUT2D eigenvalue weighted by Gasteiger charge is -2.38. The molecule has 1 heterocycles. The molecule has 0 aromatic carbocycles. The van der Waals surface area contributed by atoms with Crippen LogP contribution < -0.4 is 5.73 Å². The summed E-state index contributed by atoms with van der Waals surface area (Å²) in [7, 11) is 0. The molecule has 16 heavy (non-hydrogen) atoms. The monoisotopic (exact) mass is 228 g/mol. The van der Waals surface area contributed by atoms with Crippen LogP contribution in [0.2, 0.25) is 0 Å². The van der Waals surface area contributed by atoms with Crippen LogP contribution in [0.25, 0.3) is 0 Å². The van der Waals surface area contributed by atoms with Crippen molar-refractivity contribution < 1.29 is 9.53 Å². The normalized spacial score (nSPS) is 28.2. The van der Waals surface area contributed by atoms with E-state index in [1.165, 1.54) is 0 Å². The van der Waals surface area contributed by atoms with E-state index in [1.807, 2.05) is 18.7 Å². The number of morpholine rings is 1. The van der Waals surface area contributed by atoms with Gasteiger partial charge in [-0.3, -0.25) is 4.79 Å². The van der Waals surface area contributed by atoms with Gasteiger partial charge in [-0.2, -0.15) is 0 Å². The highest BCUT2D eigenvalue weighted by Gasteiger charge is 2.30. The number of carbonyl (C=O) groups is 1. The van der Waals surface area contributed by atoms with Crippen molar-refractivity contribution in [2.24, 2.45) is 11.7 Å². The lowest BCUT2D eigenvalue weighted by molar-refractivity contribution is -0.144. The molecule has 3 unspecified atom stereocenters. The number of nitrogens with two attached hydrogens (primary N) is 1. The van der Waals surface area contributed by atoms with E-state index in [0.717, 1.165) is 6.42 Å². The van der Waals surface area contributed by atoms with Gasteiger partial charge in [0.15, 0.2) is 0 Å². The van der Waals surface area contributed by atoms with E-state index in [4.69, 9.17) is 10.5 Å². The lowest BCUT2D eigenvalue weighted by atomic mass is 10.0. The molecule has 1 aliphatic heterocycles. The molecule has 1 fully saturated rings. The zero-order valence-corrected chi connectivity index (χ0v) is 10.8. The van der Waals surface area contributed by atoms with E-state index in [0.29, 0.717) is 19.1 Å². The Morgan fingerprint density at radius 2 is 2.12 bits per heavy atom. The Kier molecular flexibility index (Phi) is 4.74. The van der Waals surface area contributed by atoms with Gasteiger partial charge in [0.2, 0.25) is 5.91 Å². The van der Waals surface area contributed by atoms with Crippen molar-refractivity contribution >= 4 is 5.91 Å². The van der Waals surface area contributed by atoms with Gasteiger partial charge < -0.3 is 15.4 Å². The average molecular weight is 228 g/mol. The number of carbonyl (C=O) groups excluding carboxylic acids is 1. The predicted molar refractivity (Wildman–Crippen MR) is 64.0 cm³/mol. The van der Waals surface area contributed by atoms with Crippen molar-refractivity contribution in [1.82, 2.24) is 4.90 Å². The van der Waals surface area contributed by atoms with Crippen LogP contribution in [0, 0.1) is 5.92 Å². The van der Waals surface area contributed by atoms with Crippen molar-refractivity contribution in [2.75, 3.05) is 13.2 Å². The molecule has 0 saturated carbocycles. The molecule has 0 radical (unpaired) electrons. The molecule has 0 aromatic rings. The lowest BCUT2D eigenvalue weighted by Crippen LogP contribution is -2.55. The molecule has 0 bridgehead atoms. The van der Waals surface area contributed by atoms with E-state index in [2.05, 4.69) is 13.8 Å². The van der Waals surface area contributed by atoms with Gasteiger partial charge in [-0.05, 0) is 26.2 Å². The summed E-state index contributed by atoms with van der Waals surface area (Å²) in [6, 6.07) is -0.227. The Morgan fingerprint density at radius 1 is 1.50 bits per heavy atom. The van der Waals surface area contributed by atoms with Crippen molar-refractivity contribution in [3.05, 3.63) is 0 Å². The molecular weight excluding hydrogens is 204 g/mol. The van der Waals surface area contributed by atoms with E-state index in [-0.39, 0.29) is 24.1 Å². The molecule has 0 aromatic heterocycles. The van der Waals surface area contributed by atoms with Gasteiger partial charge in [-0.15, -0.1) is 0 Å². The number of hydrogen-bond acceptors (Lipinski definition) is 3. The molecule has 0 spiro atoms. The summed E-state index contributed by atoms with van der Waals surface area (Å²) in [6.07, 6.45) is 0.864. The van der Waals surface area contributed by atoms with Gasteiger partial charge in [0, 0.05) is 6.54 Å². The SMILES string of the molecule is CC(C)CC(N)C(=O)N1CC(C)OCC1C. The van der Waals surface area contributed by atoms with Crippen LogP contribution in [0.4, 0.5) is 0 Å². The second-order valence-electron chi connectivity index (χ2n) is 5.22. The van der Waals surface area contributed by atoms with Crippen molar-refractivity contribution in [3.8, 4) is 0 Å². The molecule has 0 aliphatic carbocycles. The van der Waals surface area contributed by atoms with Crippen LogP contribution in [0.15, 0.2) is 0 Å². The number of nitrogens with zero attached hydrogens (tertiary/aromatic N) is 1. The van der Waals surface area contributed by atoms with Crippen LogP contribution in [-0.2, 0) is 9.53 Å². The first-order chi connectivity index (χ1) is 7.41. The smallest absolute Gasteiger partial charge is 0.239 e. The molecule has 1 saturated heterocycles. The minimum Gasteiger partial charge on any atom is -0.375 e. The Balaban J connectivity index is 2.57. The van der Waals surface area contributed by atoms with Crippen molar-refractivity contribution in [3.63, 3.8) is 0 Å². The zero-order valence-electron chi connectivity index (χ0n) is 10.8. The standard InChI is InChI=1S/C12H24N2O2/c1-8(2)5-11(13)12(15)14-6-10(4)16-7-9(14)3/h8-11H,5-7,13H2,1-4H3. The molecular formula is C12H24N2O2. The first kappa shape index (κ1) is 13.5. The Labute approximate surface area is 98.1 Å². The predicted octanol–water partition coefficient (Wildman–Crippen LogP) is 0.996. The fourth-order valence-corrected chi connectivity index (χ4v) is 2.03. The van der Waals surface area contributed by atoms with Crippen LogP contribution >= 0.6 is 0 Å². The number of rotatable bonds is 3. The number of amides is 1. The number of ether oxygens (including phenoxy) is 1. The molecule has 4 nitrogen and oxygen atoms in total. The van der Waals surface area contributed by atoms with Gasteiger partial charge in [-0.25, -0.2) is 0 Å². The Bertz CT molecular complexity index is 243. The topological polar surface area (TPSA) is 55.6 Å². The van der Waals surface area contributed by atoms with Gasteiger partial charge in [0.05, 0.1) is 24.8 Å². The maximum Gasteiger partial charge on any atom is 0.239 e. The maximum atomic E-state index is 12.1.